The fourth-order valence-corrected chi connectivity index (χ4v) is 1.82. The number of nitrogens with zero attached hydrogens (tertiary/aromatic N) is 1. The first-order valence-corrected chi connectivity index (χ1v) is 6.11. The summed E-state index contributed by atoms with van der Waals surface area (Å²) in [6, 6.07) is 8.11. The molecule has 0 amide bonds. The van der Waals surface area contributed by atoms with E-state index in [9.17, 15) is 0 Å². The number of rotatable bonds is 6. The third-order valence-electron chi connectivity index (χ3n) is 2.82. The quantitative estimate of drug-likeness (QED) is 0.746. The minimum Gasteiger partial charge on any atom is -0.398 e. The van der Waals surface area contributed by atoms with Crippen molar-refractivity contribution in [2.45, 2.75) is 33.2 Å². The van der Waals surface area contributed by atoms with Gasteiger partial charge in [0.05, 0.1) is 0 Å². The molecule has 0 radical (unpaired) electrons. The zero-order valence-electron chi connectivity index (χ0n) is 10.7. The van der Waals surface area contributed by atoms with Crippen molar-refractivity contribution in [3.05, 3.63) is 29.8 Å². The van der Waals surface area contributed by atoms with Crippen molar-refractivity contribution in [2.24, 2.45) is 5.92 Å². The molecular formula is C14H24N2. The molecule has 0 saturated heterocycles. The van der Waals surface area contributed by atoms with Crippen LogP contribution in [-0.4, -0.2) is 18.5 Å². The molecule has 0 saturated carbocycles. The molecule has 2 heteroatoms. The monoisotopic (exact) mass is 220 g/mol. The average Bonchev–Trinajstić information content (AvgIpc) is 2.21. The number of nitrogen functional groups attached to an aromatic ring is 1. The van der Waals surface area contributed by atoms with Gasteiger partial charge in [0.25, 0.3) is 0 Å². The first-order chi connectivity index (χ1) is 7.59. The Kier molecular flexibility index (Phi) is 5.33. The first kappa shape index (κ1) is 13.0. The first-order valence-electron chi connectivity index (χ1n) is 6.11. The summed E-state index contributed by atoms with van der Waals surface area (Å²) in [7, 11) is 2.16. The molecule has 0 bridgehead atoms. The van der Waals surface area contributed by atoms with Gasteiger partial charge in [-0.05, 0) is 44.0 Å². The molecule has 90 valence electrons. The maximum atomic E-state index is 5.92. The van der Waals surface area contributed by atoms with Gasteiger partial charge in [-0.25, -0.2) is 0 Å². The minimum atomic E-state index is 0.801. The summed E-state index contributed by atoms with van der Waals surface area (Å²) in [5.41, 5.74) is 8.05. The van der Waals surface area contributed by atoms with Crippen molar-refractivity contribution in [1.82, 2.24) is 4.90 Å². The fourth-order valence-electron chi connectivity index (χ4n) is 1.82. The van der Waals surface area contributed by atoms with Crippen molar-refractivity contribution in [1.29, 1.82) is 0 Å². The van der Waals surface area contributed by atoms with Crippen molar-refractivity contribution in [3.63, 3.8) is 0 Å². The van der Waals surface area contributed by atoms with Crippen LogP contribution in [0.4, 0.5) is 5.69 Å². The van der Waals surface area contributed by atoms with E-state index in [1.165, 1.54) is 18.4 Å². The average molecular weight is 220 g/mol. The van der Waals surface area contributed by atoms with Gasteiger partial charge >= 0.3 is 0 Å². The molecule has 0 fully saturated rings. The second kappa shape index (κ2) is 6.54. The Labute approximate surface area is 99.5 Å². The number of anilines is 1. The lowest BCUT2D eigenvalue weighted by Gasteiger charge is -2.18. The van der Waals surface area contributed by atoms with Crippen molar-refractivity contribution in [2.75, 3.05) is 19.3 Å². The predicted molar refractivity (Wildman–Crippen MR) is 71.3 cm³/mol. The molecule has 0 aliphatic carbocycles. The summed E-state index contributed by atoms with van der Waals surface area (Å²) in [4.78, 5) is 2.34. The maximum absolute atomic E-state index is 5.92. The van der Waals surface area contributed by atoms with Crippen LogP contribution in [0.2, 0.25) is 0 Å². The molecule has 2 nitrogen and oxygen atoms in total. The lowest BCUT2D eigenvalue weighted by molar-refractivity contribution is 0.311. The Morgan fingerprint density at radius 2 is 1.94 bits per heavy atom. The molecule has 0 aliphatic rings. The summed E-state index contributed by atoms with van der Waals surface area (Å²) >= 11 is 0. The van der Waals surface area contributed by atoms with E-state index in [4.69, 9.17) is 5.73 Å². The number of para-hydroxylation sites is 1. The van der Waals surface area contributed by atoms with Crippen LogP contribution in [-0.2, 0) is 6.54 Å². The molecule has 0 unspecified atom stereocenters. The lowest BCUT2D eigenvalue weighted by atomic mass is 10.1. The third kappa shape index (κ3) is 4.67. The van der Waals surface area contributed by atoms with E-state index in [1.807, 2.05) is 18.2 Å². The Morgan fingerprint density at radius 1 is 1.25 bits per heavy atom. The van der Waals surface area contributed by atoms with Crippen LogP contribution < -0.4 is 5.73 Å². The second-order valence-corrected chi connectivity index (χ2v) is 4.97. The Morgan fingerprint density at radius 3 is 2.56 bits per heavy atom. The van der Waals surface area contributed by atoms with E-state index in [0.29, 0.717) is 0 Å². The Hall–Kier alpha value is -1.02. The molecule has 0 heterocycles. The lowest BCUT2D eigenvalue weighted by Crippen LogP contribution is -2.20. The molecule has 0 aliphatic heterocycles. The van der Waals surface area contributed by atoms with Gasteiger partial charge in [-0.1, -0.05) is 32.0 Å². The molecule has 0 spiro atoms. The van der Waals surface area contributed by atoms with Crippen LogP contribution in [0.25, 0.3) is 0 Å². The predicted octanol–water partition coefficient (Wildman–Crippen LogP) is 3.14. The molecule has 2 N–H and O–H groups in total. The highest BCUT2D eigenvalue weighted by molar-refractivity contribution is 5.46. The van der Waals surface area contributed by atoms with Crippen molar-refractivity contribution < 1.29 is 0 Å². The number of benzene rings is 1. The highest BCUT2D eigenvalue weighted by atomic mass is 15.1. The summed E-state index contributed by atoms with van der Waals surface area (Å²) in [5.74, 6) is 0.801. The van der Waals surface area contributed by atoms with Gasteiger partial charge in [-0.2, -0.15) is 0 Å². The maximum Gasteiger partial charge on any atom is 0.0359 e. The Bertz CT molecular complexity index is 307. The van der Waals surface area contributed by atoms with E-state index >= 15 is 0 Å². The number of hydrogen-bond donors (Lipinski definition) is 1. The molecule has 0 aromatic heterocycles. The largest absolute Gasteiger partial charge is 0.398 e. The molecule has 1 aromatic rings. The topological polar surface area (TPSA) is 29.3 Å². The summed E-state index contributed by atoms with van der Waals surface area (Å²) in [6.07, 6.45) is 2.56. The van der Waals surface area contributed by atoms with E-state index in [-0.39, 0.29) is 0 Å². The van der Waals surface area contributed by atoms with Crippen LogP contribution >= 0.6 is 0 Å². The highest BCUT2D eigenvalue weighted by Crippen LogP contribution is 2.13. The van der Waals surface area contributed by atoms with Gasteiger partial charge in [-0.3, -0.25) is 0 Å². The standard InChI is InChI=1S/C14H24N2/c1-12(2)7-6-10-16(3)11-13-8-4-5-9-14(13)15/h4-5,8-9,12H,6-7,10-11,15H2,1-3H3. The van der Waals surface area contributed by atoms with Crippen LogP contribution in [0.3, 0.4) is 0 Å². The zero-order valence-corrected chi connectivity index (χ0v) is 10.7. The van der Waals surface area contributed by atoms with Gasteiger partial charge in [-0.15, -0.1) is 0 Å². The van der Waals surface area contributed by atoms with Crippen LogP contribution in [0.15, 0.2) is 24.3 Å². The van der Waals surface area contributed by atoms with Crippen molar-refractivity contribution >= 4 is 5.69 Å². The zero-order chi connectivity index (χ0) is 12.0. The van der Waals surface area contributed by atoms with E-state index in [0.717, 1.165) is 24.7 Å². The highest BCUT2D eigenvalue weighted by Gasteiger charge is 2.03. The Balaban J connectivity index is 2.34. The van der Waals surface area contributed by atoms with E-state index in [2.05, 4.69) is 31.9 Å². The van der Waals surface area contributed by atoms with E-state index < -0.39 is 0 Å². The molecule has 1 rings (SSSR count). The summed E-state index contributed by atoms with van der Waals surface area (Å²) < 4.78 is 0. The van der Waals surface area contributed by atoms with E-state index in [1.54, 1.807) is 0 Å². The summed E-state index contributed by atoms with van der Waals surface area (Å²) in [6.45, 7) is 6.64. The minimum absolute atomic E-state index is 0.801. The third-order valence-corrected chi connectivity index (χ3v) is 2.82. The fraction of sp³-hybridized carbons (Fsp3) is 0.571. The van der Waals surface area contributed by atoms with Gasteiger partial charge in [0.2, 0.25) is 0 Å². The molecule has 0 atom stereocenters. The van der Waals surface area contributed by atoms with Crippen LogP contribution in [0.1, 0.15) is 32.3 Å². The smallest absolute Gasteiger partial charge is 0.0359 e. The van der Waals surface area contributed by atoms with Gasteiger partial charge in [0, 0.05) is 12.2 Å². The second-order valence-electron chi connectivity index (χ2n) is 4.97. The van der Waals surface area contributed by atoms with Gasteiger partial charge < -0.3 is 10.6 Å². The number of nitrogens with two attached hydrogens (primary N) is 1. The summed E-state index contributed by atoms with van der Waals surface area (Å²) in [5, 5.41) is 0. The van der Waals surface area contributed by atoms with Crippen LogP contribution in [0.5, 0.6) is 0 Å². The van der Waals surface area contributed by atoms with Gasteiger partial charge in [0.1, 0.15) is 0 Å². The molecule has 1 aromatic carbocycles. The number of hydrogen-bond acceptors (Lipinski definition) is 2. The molecular weight excluding hydrogens is 196 g/mol. The van der Waals surface area contributed by atoms with Crippen LogP contribution in [0, 0.1) is 5.92 Å². The molecule has 16 heavy (non-hydrogen) atoms. The van der Waals surface area contributed by atoms with Gasteiger partial charge in [0.15, 0.2) is 0 Å². The normalized spacial score (nSPS) is 11.3. The van der Waals surface area contributed by atoms with Crippen molar-refractivity contribution in [3.8, 4) is 0 Å². The SMILES string of the molecule is CC(C)CCCN(C)Cc1ccccc1N.